The van der Waals surface area contributed by atoms with Gasteiger partial charge in [0, 0.05) is 5.69 Å². The van der Waals surface area contributed by atoms with Crippen molar-refractivity contribution in [2.75, 3.05) is 5.32 Å². The van der Waals surface area contributed by atoms with Gasteiger partial charge in [-0.15, -0.1) is 0 Å². The van der Waals surface area contributed by atoms with Gasteiger partial charge in [0.1, 0.15) is 5.67 Å². The maximum atomic E-state index is 13.7. The molecule has 0 bridgehead atoms. The average molecular weight is 193 g/mol. The minimum atomic E-state index is -1.16. The Morgan fingerprint density at radius 1 is 1.43 bits per heavy atom. The molecular formula is C12H16FN. The third kappa shape index (κ3) is 1.61. The highest BCUT2D eigenvalue weighted by Gasteiger charge is 2.33. The van der Waals surface area contributed by atoms with E-state index in [1.165, 1.54) is 11.1 Å². The topological polar surface area (TPSA) is 12.0 Å². The molecule has 0 radical (unpaired) electrons. The Bertz CT molecular complexity index is 352. The van der Waals surface area contributed by atoms with Crippen molar-refractivity contribution >= 4 is 5.69 Å². The number of anilines is 1. The summed E-state index contributed by atoms with van der Waals surface area (Å²) in [6, 6.07) is 6.16. The molecule has 76 valence electrons. The van der Waals surface area contributed by atoms with Crippen LogP contribution in [0.25, 0.3) is 0 Å². The van der Waals surface area contributed by atoms with Crippen LogP contribution in [0.4, 0.5) is 10.1 Å². The zero-order valence-electron chi connectivity index (χ0n) is 8.89. The van der Waals surface area contributed by atoms with Crippen molar-refractivity contribution in [2.45, 2.75) is 38.9 Å². The van der Waals surface area contributed by atoms with E-state index in [9.17, 15) is 4.39 Å². The molecule has 1 aromatic carbocycles. The number of alkyl halides is 1. The predicted octanol–water partition coefficient (Wildman–Crippen LogP) is 3.08. The molecule has 1 heterocycles. The lowest BCUT2D eigenvalue weighted by atomic mass is 9.97. The fourth-order valence-electron chi connectivity index (χ4n) is 1.88. The quantitative estimate of drug-likeness (QED) is 0.722. The Hall–Kier alpha value is -1.05. The lowest BCUT2D eigenvalue weighted by molar-refractivity contribution is 0.187. The zero-order chi connectivity index (χ0) is 10.3. The molecule has 2 heteroatoms. The molecule has 1 aliphatic rings. The zero-order valence-corrected chi connectivity index (χ0v) is 8.89. The highest BCUT2D eigenvalue weighted by Crippen LogP contribution is 2.32. The molecule has 0 spiro atoms. The van der Waals surface area contributed by atoms with E-state index in [1.54, 1.807) is 13.8 Å². The second kappa shape index (κ2) is 2.97. The molecule has 1 aromatic rings. The number of fused-ring (bicyclic) bond motifs is 1. The Balaban J connectivity index is 2.26. The van der Waals surface area contributed by atoms with Crippen LogP contribution in [0.15, 0.2) is 18.2 Å². The van der Waals surface area contributed by atoms with E-state index in [0.717, 1.165) is 12.1 Å². The number of benzene rings is 1. The van der Waals surface area contributed by atoms with Crippen molar-refractivity contribution in [3.63, 3.8) is 0 Å². The van der Waals surface area contributed by atoms with Gasteiger partial charge in [-0.3, -0.25) is 0 Å². The van der Waals surface area contributed by atoms with Crippen molar-refractivity contribution in [1.29, 1.82) is 0 Å². The predicted molar refractivity (Wildman–Crippen MR) is 57.5 cm³/mol. The van der Waals surface area contributed by atoms with Crippen molar-refractivity contribution in [1.82, 2.24) is 0 Å². The molecule has 14 heavy (non-hydrogen) atoms. The summed E-state index contributed by atoms with van der Waals surface area (Å²) in [5, 5.41) is 3.24. The highest BCUT2D eigenvalue weighted by molar-refractivity contribution is 5.58. The van der Waals surface area contributed by atoms with Gasteiger partial charge in [0.05, 0.1) is 6.04 Å². The van der Waals surface area contributed by atoms with Gasteiger partial charge in [0.2, 0.25) is 0 Å². The summed E-state index contributed by atoms with van der Waals surface area (Å²) < 4.78 is 13.7. The Labute approximate surface area is 84.3 Å². The molecule has 0 aromatic heterocycles. The van der Waals surface area contributed by atoms with Crippen LogP contribution in [0.1, 0.15) is 25.0 Å². The highest BCUT2D eigenvalue weighted by atomic mass is 19.1. The molecule has 0 saturated carbocycles. The summed E-state index contributed by atoms with van der Waals surface area (Å²) in [4.78, 5) is 0. The molecule has 1 aliphatic heterocycles. The van der Waals surface area contributed by atoms with Gasteiger partial charge >= 0.3 is 0 Å². The standard InChI is InChI=1S/C12H16FN/c1-8-4-5-9-7-11(12(2,3)13)14-10(9)6-8/h4-6,11,14H,7H2,1-3H3. The number of halogens is 1. The third-order valence-corrected chi connectivity index (χ3v) is 2.85. The first-order valence-electron chi connectivity index (χ1n) is 5.02. The molecular weight excluding hydrogens is 177 g/mol. The number of aryl methyl sites for hydroxylation is 1. The molecule has 1 N–H and O–H groups in total. The molecule has 1 unspecified atom stereocenters. The van der Waals surface area contributed by atoms with Crippen LogP contribution in [-0.4, -0.2) is 11.7 Å². The lowest BCUT2D eigenvalue weighted by Crippen LogP contribution is -2.36. The van der Waals surface area contributed by atoms with Gasteiger partial charge in [0.15, 0.2) is 0 Å². The summed E-state index contributed by atoms with van der Waals surface area (Å²) in [6.45, 7) is 5.31. The smallest absolute Gasteiger partial charge is 0.125 e. The van der Waals surface area contributed by atoms with Crippen LogP contribution in [0.3, 0.4) is 0 Å². The second-order valence-corrected chi connectivity index (χ2v) is 4.63. The van der Waals surface area contributed by atoms with Crippen LogP contribution >= 0.6 is 0 Å². The average Bonchev–Trinajstić information content (AvgIpc) is 2.45. The summed E-state index contributed by atoms with van der Waals surface area (Å²) in [5.74, 6) is 0. The van der Waals surface area contributed by atoms with Crippen LogP contribution < -0.4 is 5.32 Å². The van der Waals surface area contributed by atoms with Crippen LogP contribution in [-0.2, 0) is 6.42 Å². The SMILES string of the molecule is Cc1ccc2c(c1)NC(C(C)(C)F)C2. The Morgan fingerprint density at radius 3 is 2.79 bits per heavy atom. The molecule has 0 saturated heterocycles. The first-order valence-corrected chi connectivity index (χ1v) is 5.02. The summed E-state index contributed by atoms with van der Waals surface area (Å²) in [7, 11) is 0. The largest absolute Gasteiger partial charge is 0.379 e. The summed E-state index contributed by atoms with van der Waals surface area (Å²) in [5.41, 5.74) is 2.38. The third-order valence-electron chi connectivity index (χ3n) is 2.85. The van der Waals surface area contributed by atoms with Gasteiger partial charge in [-0.05, 0) is 44.4 Å². The van der Waals surface area contributed by atoms with Gasteiger partial charge in [-0.2, -0.15) is 0 Å². The Kier molecular flexibility index (Phi) is 2.02. The van der Waals surface area contributed by atoms with Gasteiger partial charge < -0.3 is 5.32 Å². The van der Waals surface area contributed by atoms with E-state index < -0.39 is 5.67 Å². The Morgan fingerprint density at radius 2 is 2.14 bits per heavy atom. The van der Waals surface area contributed by atoms with Crippen molar-refractivity contribution in [3.05, 3.63) is 29.3 Å². The van der Waals surface area contributed by atoms with E-state index in [4.69, 9.17) is 0 Å². The second-order valence-electron chi connectivity index (χ2n) is 4.63. The van der Waals surface area contributed by atoms with E-state index in [-0.39, 0.29) is 6.04 Å². The van der Waals surface area contributed by atoms with Crippen LogP contribution in [0.5, 0.6) is 0 Å². The lowest BCUT2D eigenvalue weighted by Gasteiger charge is -2.23. The molecule has 2 rings (SSSR count). The van der Waals surface area contributed by atoms with E-state index in [2.05, 4.69) is 30.4 Å². The fourth-order valence-corrected chi connectivity index (χ4v) is 1.88. The summed E-state index contributed by atoms with van der Waals surface area (Å²) >= 11 is 0. The molecule has 1 nitrogen and oxygen atoms in total. The normalized spacial score (nSPS) is 20.4. The fraction of sp³-hybridized carbons (Fsp3) is 0.500. The first kappa shape index (κ1) is 9.50. The molecule has 0 aliphatic carbocycles. The summed E-state index contributed by atoms with van der Waals surface area (Å²) in [6.07, 6.45) is 0.791. The monoisotopic (exact) mass is 193 g/mol. The molecule has 0 amide bonds. The van der Waals surface area contributed by atoms with E-state index >= 15 is 0 Å². The van der Waals surface area contributed by atoms with Crippen molar-refractivity contribution in [2.24, 2.45) is 0 Å². The molecule has 1 atom stereocenters. The van der Waals surface area contributed by atoms with Gasteiger partial charge in [0.25, 0.3) is 0 Å². The number of hydrogen-bond donors (Lipinski definition) is 1. The van der Waals surface area contributed by atoms with Crippen molar-refractivity contribution in [3.8, 4) is 0 Å². The maximum Gasteiger partial charge on any atom is 0.125 e. The van der Waals surface area contributed by atoms with Crippen molar-refractivity contribution < 1.29 is 4.39 Å². The maximum absolute atomic E-state index is 13.7. The van der Waals surface area contributed by atoms with Crippen LogP contribution in [0.2, 0.25) is 0 Å². The van der Waals surface area contributed by atoms with E-state index in [1.807, 2.05) is 0 Å². The van der Waals surface area contributed by atoms with Gasteiger partial charge in [-0.1, -0.05) is 12.1 Å². The minimum Gasteiger partial charge on any atom is -0.379 e. The van der Waals surface area contributed by atoms with E-state index in [0.29, 0.717) is 0 Å². The van der Waals surface area contributed by atoms with Gasteiger partial charge in [-0.25, -0.2) is 4.39 Å². The number of nitrogens with one attached hydrogen (secondary N) is 1. The number of rotatable bonds is 1. The molecule has 0 fully saturated rings. The van der Waals surface area contributed by atoms with Crippen LogP contribution in [0, 0.1) is 6.92 Å². The number of hydrogen-bond acceptors (Lipinski definition) is 1. The minimum absolute atomic E-state index is 0.0840. The first-order chi connectivity index (χ1) is 6.47.